The fourth-order valence-corrected chi connectivity index (χ4v) is 1.48. The summed E-state index contributed by atoms with van der Waals surface area (Å²) in [6, 6.07) is 2.03. The van der Waals surface area contributed by atoms with Gasteiger partial charge in [-0.2, -0.15) is 0 Å². The summed E-state index contributed by atoms with van der Waals surface area (Å²) < 4.78 is 4.96. The number of nitro benzene ring substituents is 2. The van der Waals surface area contributed by atoms with Gasteiger partial charge in [-0.3, -0.25) is 20.2 Å². The van der Waals surface area contributed by atoms with Gasteiger partial charge in [-0.1, -0.05) is 0 Å². The average Bonchev–Trinajstić information content (AvgIpc) is 2.42. The Bertz CT molecular complexity index is 471. The smallest absolute Gasteiger partial charge is 0.303 e. The van der Waals surface area contributed by atoms with Gasteiger partial charge in [-0.05, 0) is 0 Å². The Morgan fingerprint density at radius 3 is 2.05 bits per heavy atom. The van der Waals surface area contributed by atoms with E-state index in [2.05, 4.69) is 5.32 Å². The topological polar surface area (TPSA) is 148 Å². The second kappa shape index (κ2) is 7.21. The van der Waals surface area contributed by atoms with Crippen molar-refractivity contribution < 1.29 is 24.8 Å². The van der Waals surface area contributed by atoms with Gasteiger partial charge in [0.1, 0.15) is 12.4 Å². The summed E-state index contributed by atoms with van der Waals surface area (Å²) in [5.41, 5.74) is -1.38. The molecule has 0 unspecified atom stereocenters. The third-order valence-corrected chi connectivity index (χ3v) is 2.24. The second-order valence-corrected chi connectivity index (χ2v) is 3.57. The van der Waals surface area contributed by atoms with E-state index in [1.807, 2.05) is 0 Å². The molecular formula is C10H13N3O7. The normalized spacial score (nSPS) is 10.1. The molecule has 0 atom stereocenters. The Labute approximate surface area is 112 Å². The van der Waals surface area contributed by atoms with Gasteiger partial charge in [0, 0.05) is 6.54 Å². The zero-order chi connectivity index (χ0) is 15.1. The molecule has 10 heteroatoms. The third kappa shape index (κ3) is 3.76. The van der Waals surface area contributed by atoms with Crippen LogP contribution < -0.4 is 10.1 Å². The number of nitrogens with zero attached hydrogens (tertiary/aromatic N) is 2. The molecule has 0 aliphatic heterocycles. The van der Waals surface area contributed by atoms with Crippen molar-refractivity contribution in [1.82, 2.24) is 0 Å². The average molecular weight is 287 g/mol. The van der Waals surface area contributed by atoms with Crippen LogP contribution >= 0.6 is 0 Å². The molecule has 0 radical (unpaired) electrons. The van der Waals surface area contributed by atoms with Crippen LogP contribution in [-0.4, -0.2) is 46.4 Å². The number of aliphatic hydroxyl groups is 2. The molecule has 0 heterocycles. The molecule has 20 heavy (non-hydrogen) atoms. The van der Waals surface area contributed by atoms with Crippen LogP contribution in [0.25, 0.3) is 0 Å². The van der Waals surface area contributed by atoms with E-state index in [1.54, 1.807) is 0 Å². The molecule has 0 bridgehead atoms. The summed E-state index contributed by atoms with van der Waals surface area (Å²) in [5, 5.41) is 41.7. The van der Waals surface area contributed by atoms with Crippen molar-refractivity contribution in [3.63, 3.8) is 0 Å². The first-order valence-corrected chi connectivity index (χ1v) is 5.56. The molecule has 1 aromatic rings. The van der Waals surface area contributed by atoms with E-state index in [0.717, 1.165) is 12.1 Å². The van der Waals surface area contributed by atoms with E-state index in [4.69, 9.17) is 14.9 Å². The lowest BCUT2D eigenvalue weighted by atomic mass is 10.2. The molecule has 0 aliphatic carbocycles. The van der Waals surface area contributed by atoms with E-state index in [9.17, 15) is 20.2 Å². The zero-order valence-electron chi connectivity index (χ0n) is 10.3. The van der Waals surface area contributed by atoms with Gasteiger partial charge in [0.25, 0.3) is 0 Å². The molecule has 0 amide bonds. The van der Waals surface area contributed by atoms with Crippen LogP contribution in [0.4, 0.5) is 17.1 Å². The first-order chi connectivity index (χ1) is 9.51. The van der Waals surface area contributed by atoms with Crippen LogP contribution in [-0.2, 0) is 0 Å². The number of benzene rings is 1. The van der Waals surface area contributed by atoms with Gasteiger partial charge in [0.05, 0.1) is 35.2 Å². The Kier molecular flexibility index (Phi) is 5.62. The largest absolute Gasteiger partial charge is 0.491 e. The predicted molar refractivity (Wildman–Crippen MR) is 67.9 cm³/mol. The minimum Gasteiger partial charge on any atom is -0.491 e. The summed E-state index contributed by atoms with van der Waals surface area (Å²) >= 11 is 0. The van der Waals surface area contributed by atoms with Gasteiger partial charge in [0.15, 0.2) is 5.69 Å². The van der Waals surface area contributed by atoms with Gasteiger partial charge < -0.3 is 20.3 Å². The van der Waals surface area contributed by atoms with E-state index in [0.29, 0.717) is 0 Å². The highest BCUT2D eigenvalue weighted by Crippen LogP contribution is 2.38. The summed E-state index contributed by atoms with van der Waals surface area (Å²) in [4.78, 5) is 20.3. The Hall–Kier alpha value is -2.46. The SMILES string of the molecule is O=[N+]([O-])c1cc(OCCO)cc([N+](=O)[O-])c1NCCO. The highest BCUT2D eigenvalue weighted by Gasteiger charge is 2.27. The van der Waals surface area contributed by atoms with Crippen LogP contribution in [0.15, 0.2) is 12.1 Å². The molecular weight excluding hydrogens is 274 g/mol. The summed E-state index contributed by atoms with van der Waals surface area (Å²) in [7, 11) is 0. The number of hydrogen-bond acceptors (Lipinski definition) is 8. The molecule has 0 aromatic heterocycles. The van der Waals surface area contributed by atoms with Gasteiger partial charge in [0.2, 0.25) is 0 Å². The lowest BCUT2D eigenvalue weighted by molar-refractivity contribution is -0.392. The number of aliphatic hydroxyl groups excluding tert-OH is 2. The van der Waals surface area contributed by atoms with Gasteiger partial charge in [-0.15, -0.1) is 0 Å². The maximum Gasteiger partial charge on any atom is 0.303 e. The van der Waals surface area contributed by atoms with Crippen molar-refractivity contribution in [1.29, 1.82) is 0 Å². The lowest BCUT2D eigenvalue weighted by Crippen LogP contribution is -2.10. The van der Waals surface area contributed by atoms with Crippen LogP contribution in [0.5, 0.6) is 5.75 Å². The van der Waals surface area contributed by atoms with E-state index in [-0.39, 0.29) is 37.8 Å². The van der Waals surface area contributed by atoms with E-state index >= 15 is 0 Å². The van der Waals surface area contributed by atoms with Crippen molar-refractivity contribution in [3.05, 3.63) is 32.4 Å². The van der Waals surface area contributed by atoms with Gasteiger partial charge in [-0.25, -0.2) is 0 Å². The number of rotatable bonds is 8. The van der Waals surface area contributed by atoms with E-state index in [1.165, 1.54) is 0 Å². The summed E-state index contributed by atoms with van der Waals surface area (Å²) in [6.45, 7) is -0.876. The highest BCUT2D eigenvalue weighted by atomic mass is 16.6. The van der Waals surface area contributed by atoms with Crippen LogP contribution in [0.1, 0.15) is 0 Å². The molecule has 110 valence electrons. The molecule has 1 rings (SSSR count). The fraction of sp³-hybridized carbons (Fsp3) is 0.400. The van der Waals surface area contributed by atoms with Crippen LogP contribution in [0.3, 0.4) is 0 Å². The summed E-state index contributed by atoms with van der Waals surface area (Å²) in [6.07, 6.45) is 0. The molecule has 3 N–H and O–H groups in total. The van der Waals surface area contributed by atoms with Crippen LogP contribution in [0.2, 0.25) is 0 Å². The Morgan fingerprint density at radius 2 is 1.65 bits per heavy atom. The van der Waals surface area contributed by atoms with Crippen LogP contribution in [0, 0.1) is 20.2 Å². The molecule has 0 fully saturated rings. The minimum absolute atomic E-state index is 0.0709. The maximum atomic E-state index is 11.0. The second-order valence-electron chi connectivity index (χ2n) is 3.57. The lowest BCUT2D eigenvalue weighted by Gasteiger charge is -2.09. The number of nitrogens with one attached hydrogen (secondary N) is 1. The third-order valence-electron chi connectivity index (χ3n) is 2.24. The summed E-state index contributed by atoms with van der Waals surface area (Å²) in [5.74, 6) is -0.0907. The fourth-order valence-electron chi connectivity index (χ4n) is 1.48. The Balaban J connectivity index is 3.30. The van der Waals surface area contributed by atoms with E-state index < -0.39 is 21.2 Å². The minimum atomic E-state index is -0.793. The van der Waals surface area contributed by atoms with Crippen molar-refractivity contribution in [2.45, 2.75) is 0 Å². The monoisotopic (exact) mass is 287 g/mol. The maximum absolute atomic E-state index is 11.0. The number of nitro groups is 2. The van der Waals surface area contributed by atoms with Gasteiger partial charge >= 0.3 is 11.4 Å². The molecule has 1 aromatic carbocycles. The van der Waals surface area contributed by atoms with Crippen molar-refractivity contribution in [2.24, 2.45) is 0 Å². The number of ether oxygens (including phenoxy) is 1. The Morgan fingerprint density at radius 1 is 1.10 bits per heavy atom. The molecule has 10 nitrogen and oxygen atoms in total. The number of anilines is 1. The molecule has 0 saturated heterocycles. The van der Waals surface area contributed by atoms with Crippen molar-refractivity contribution in [3.8, 4) is 5.75 Å². The van der Waals surface area contributed by atoms with Crippen molar-refractivity contribution >= 4 is 17.1 Å². The standard InChI is InChI=1S/C10H13N3O7/c14-2-1-11-10-8(12(16)17)5-7(20-4-3-15)6-9(10)13(18)19/h5-6,11,14-15H,1-4H2. The van der Waals surface area contributed by atoms with Crippen molar-refractivity contribution in [2.75, 3.05) is 31.7 Å². The zero-order valence-corrected chi connectivity index (χ0v) is 10.3. The predicted octanol–water partition coefficient (Wildman–Crippen LogP) is 0.278. The molecule has 0 saturated carbocycles. The molecule has 0 spiro atoms. The quantitative estimate of drug-likeness (QED) is 0.456. The number of hydrogen-bond donors (Lipinski definition) is 3. The first-order valence-electron chi connectivity index (χ1n) is 5.56. The first kappa shape index (κ1) is 15.6. The highest BCUT2D eigenvalue weighted by molar-refractivity contribution is 5.75. The molecule has 0 aliphatic rings.